The standard InChI is InChI=1S/C23H24N2O3/c1-17(21-10-6-7-11-22(21)27-2)24-16-23(26)25-18-12-14-20(15-13-18)28-19-8-4-3-5-9-19/h3-15,17,24H,16H2,1-2H3,(H,25,26)/p+1/t17-/m0/s1. The first kappa shape index (κ1) is 19.5. The van der Waals surface area contributed by atoms with E-state index in [1.807, 2.05) is 84.2 Å². The number of anilines is 1. The highest BCUT2D eigenvalue weighted by Crippen LogP contribution is 2.23. The molecule has 0 aliphatic carbocycles. The van der Waals surface area contributed by atoms with Gasteiger partial charge in [-0.3, -0.25) is 4.79 Å². The first-order chi connectivity index (χ1) is 13.7. The van der Waals surface area contributed by atoms with Crippen molar-refractivity contribution in [1.29, 1.82) is 0 Å². The van der Waals surface area contributed by atoms with E-state index in [2.05, 4.69) is 12.2 Å². The number of nitrogens with one attached hydrogen (secondary N) is 1. The van der Waals surface area contributed by atoms with Gasteiger partial charge >= 0.3 is 0 Å². The molecule has 1 amide bonds. The summed E-state index contributed by atoms with van der Waals surface area (Å²) in [5.74, 6) is 2.28. The van der Waals surface area contributed by atoms with Crippen molar-refractivity contribution >= 4 is 11.6 Å². The SMILES string of the molecule is COc1ccccc1[C@H](C)[NH2+]CC(=O)Nc1ccc(Oc2ccccc2)cc1. The maximum Gasteiger partial charge on any atom is 0.279 e. The van der Waals surface area contributed by atoms with Crippen molar-refractivity contribution in [3.63, 3.8) is 0 Å². The van der Waals surface area contributed by atoms with Crippen LogP contribution in [-0.2, 0) is 4.79 Å². The molecule has 0 radical (unpaired) electrons. The normalized spacial score (nSPS) is 11.5. The Morgan fingerprint density at radius 3 is 2.29 bits per heavy atom. The molecule has 0 spiro atoms. The lowest BCUT2D eigenvalue weighted by Gasteiger charge is -2.14. The Hall–Kier alpha value is -3.31. The lowest BCUT2D eigenvalue weighted by atomic mass is 10.1. The molecule has 0 aliphatic rings. The molecule has 3 aromatic carbocycles. The third kappa shape index (κ3) is 5.34. The number of benzene rings is 3. The number of rotatable bonds is 8. The van der Waals surface area contributed by atoms with E-state index in [0.717, 1.165) is 28.5 Å². The van der Waals surface area contributed by atoms with E-state index in [-0.39, 0.29) is 11.9 Å². The number of hydrogen-bond donors (Lipinski definition) is 2. The average molecular weight is 377 g/mol. The molecule has 0 aliphatic heterocycles. The number of methoxy groups -OCH3 is 1. The summed E-state index contributed by atoms with van der Waals surface area (Å²) in [4.78, 5) is 12.3. The van der Waals surface area contributed by atoms with Crippen LogP contribution in [0.25, 0.3) is 0 Å². The van der Waals surface area contributed by atoms with Crippen LogP contribution in [0, 0.1) is 0 Å². The summed E-state index contributed by atoms with van der Waals surface area (Å²) >= 11 is 0. The van der Waals surface area contributed by atoms with Crippen LogP contribution in [0.3, 0.4) is 0 Å². The number of para-hydroxylation sites is 2. The largest absolute Gasteiger partial charge is 0.496 e. The van der Waals surface area contributed by atoms with Crippen molar-refractivity contribution < 1.29 is 19.6 Å². The molecule has 0 unspecified atom stereocenters. The second-order valence-corrected chi connectivity index (χ2v) is 6.46. The second-order valence-electron chi connectivity index (χ2n) is 6.46. The van der Waals surface area contributed by atoms with Crippen molar-refractivity contribution in [3.8, 4) is 17.2 Å². The van der Waals surface area contributed by atoms with Gasteiger partial charge in [0.15, 0.2) is 6.54 Å². The summed E-state index contributed by atoms with van der Waals surface area (Å²) in [5.41, 5.74) is 1.81. The molecular formula is C23H25N2O3+. The van der Waals surface area contributed by atoms with Crippen LogP contribution in [0.2, 0.25) is 0 Å². The number of carbonyl (C=O) groups excluding carboxylic acids is 1. The van der Waals surface area contributed by atoms with Crippen molar-refractivity contribution in [2.75, 3.05) is 19.0 Å². The first-order valence-corrected chi connectivity index (χ1v) is 9.25. The molecule has 3 aromatic rings. The summed E-state index contributed by atoms with van der Waals surface area (Å²) in [5, 5.41) is 4.90. The minimum Gasteiger partial charge on any atom is -0.496 e. The van der Waals surface area contributed by atoms with Crippen LogP contribution < -0.4 is 20.1 Å². The number of ether oxygens (including phenoxy) is 2. The van der Waals surface area contributed by atoms with Crippen LogP contribution in [0.1, 0.15) is 18.5 Å². The quantitative estimate of drug-likeness (QED) is 0.628. The molecule has 28 heavy (non-hydrogen) atoms. The van der Waals surface area contributed by atoms with Gasteiger partial charge in [0.1, 0.15) is 23.3 Å². The highest BCUT2D eigenvalue weighted by Gasteiger charge is 2.15. The number of amides is 1. The molecule has 0 saturated heterocycles. The van der Waals surface area contributed by atoms with Crippen molar-refractivity contribution in [2.45, 2.75) is 13.0 Å². The fraction of sp³-hybridized carbons (Fsp3) is 0.174. The highest BCUT2D eigenvalue weighted by molar-refractivity contribution is 5.91. The maximum atomic E-state index is 12.3. The average Bonchev–Trinajstić information content (AvgIpc) is 2.74. The van der Waals surface area contributed by atoms with Gasteiger partial charge < -0.3 is 20.1 Å². The highest BCUT2D eigenvalue weighted by atomic mass is 16.5. The number of carbonyl (C=O) groups is 1. The molecule has 5 heteroatoms. The van der Waals surface area contributed by atoms with Gasteiger partial charge in [-0.2, -0.15) is 0 Å². The molecule has 0 heterocycles. The first-order valence-electron chi connectivity index (χ1n) is 9.25. The van der Waals surface area contributed by atoms with Crippen LogP contribution >= 0.6 is 0 Å². The topological polar surface area (TPSA) is 64.2 Å². The van der Waals surface area contributed by atoms with Gasteiger partial charge in [-0.25, -0.2) is 0 Å². The number of quaternary nitrogens is 1. The Labute approximate surface area is 165 Å². The number of nitrogens with two attached hydrogens (primary N) is 1. The van der Waals surface area contributed by atoms with Gasteiger partial charge in [-0.05, 0) is 55.5 Å². The van der Waals surface area contributed by atoms with Gasteiger partial charge in [0.2, 0.25) is 0 Å². The molecule has 0 saturated carbocycles. The Morgan fingerprint density at radius 2 is 1.57 bits per heavy atom. The van der Waals surface area contributed by atoms with Crippen molar-refractivity contribution in [3.05, 3.63) is 84.4 Å². The minimum absolute atomic E-state index is 0.0570. The summed E-state index contributed by atoms with van der Waals surface area (Å²) in [6, 6.07) is 24.9. The Kier molecular flexibility index (Phi) is 6.65. The van der Waals surface area contributed by atoms with Gasteiger partial charge in [0.25, 0.3) is 5.91 Å². The zero-order chi connectivity index (χ0) is 19.8. The van der Waals surface area contributed by atoms with Gasteiger partial charge in [0, 0.05) is 5.69 Å². The number of hydrogen-bond acceptors (Lipinski definition) is 3. The third-order valence-corrected chi connectivity index (χ3v) is 4.40. The van der Waals surface area contributed by atoms with E-state index < -0.39 is 0 Å². The summed E-state index contributed by atoms with van der Waals surface area (Å²) < 4.78 is 11.1. The second kappa shape index (κ2) is 9.58. The van der Waals surface area contributed by atoms with Gasteiger partial charge in [-0.15, -0.1) is 0 Å². The van der Waals surface area contributed by atoms with Crippen LogP contribution in [0.5, 0.6) is 17.2 Å². The van der Waals surface area contributed by atoms with Crippen molar-refractivity contribution in [1.82, 2.24) is 0 Å². The molecule has 5 nitrogen and oxygen atoms in total. The molecule has 3 rings (SSSR count). The van der Waals surface area contributed by atoms with E-state index in [1.54, 1.807) is 7.11 Å². The molecule has 1 atom stereocenters. The summed E-state index contributed by atoms with van der Waals surface area (Å²) in [6.07, 6.45) is 0. The smallest absolute Gasteiger partial charge is 0.279 e. The molecule has 0 aromatic heterocycles. The fourth-order valence-corrected chi connectivity index (χ4v) is 2.90. The van der Waals surface area contributed by atoms with Crippen molar-refractivity contribution in [2.24, 2.45) is 0 Å². The van der Waals surface area contributed by atoms with E-state index in [1.165, 1.54) is 0 Å². The zero-order valence-electron chi connectivity index (χ0n) is 16.1. The molecule has 0 bridgehead atoms. The predicted octanol–water partition coefficient (Wildman–Crippen LogP) is 3.75. The molecular weight excluding hydrogens is 352 g/mol. The lowest BCUT2D eigenvalue weighted by molar-refractivity contribution is -0.682. The molecule has 3 N–H and O–H groups in total. The third-order valence-electron chi connectivity index (χ3n) is 4.40. The Balaban J connectivity index is 1.50. The zero-order valence-corrected chi connectivity index (χ0v) is 16.1. The van der Waals surface area contributed by atoms with Crippen LogP contribution in [0.15, 0.2) is 78.9 Å². The van der Waals surface area contributed by atoms with Crippen LogP contribution in [0.4, 0.5) is 5.69 Å². The maximum absolute atomic E-state index is 12.3. The van der Waals surface area contributed by atoms with E-state index in [0.29, 0.717) is 6.54 Å². The Morgan fingerprint density at radius 1 is 0.929 bits per heavy atom. The van der Waals surface area contributed by atoms with Gasteiger partial charge in [0.05, 0.1) is 12.7 Å². The minimum atomic E-state index is -0.0570. The molecule has 144 valence electrons. The van der Waals surface area contributed by atoms with E-state index in [9.17, 15) is 4.79 Å². The summed E-state index contributed by atoms with van der Waals surface area (Å²) in [6.45, 7) is 2.38. The van der Waals surface area contributed by atoms with Crippen LogP contribution in [-0.4, -0.2) is 19.6 Å². The predicted molar refractivity (Wildman–Crippen MR) is 110 cm³/mol. The van der Waals surface area contributed by atoms with Gasteiger partial charge in [-0.1, -0.05) is 30.3 Å². The monoisotopic (exact) mass is 377 g/mol. The van der Waals surface area contributed by atoms with E-state index >= 15 is 0 Å². The van der Waals surface area contributed by atoms with E-state index in [4.69, 9.17) is 9.47 Å². The fourth-order valence-electron chi connectivity index (χ4n) is 2.90. The lowest BCUT2D eigenvalue weighted by Crippen LogP contribution is -2.86. The molecule has 0 fully saturated rings. The summed E-state index contributed by atoms with van der Waals surface area (Å²) in [7, 11) is 1.66. The Bertz CT molecular complexity index is 895.